The molecule has 0 unspecified atom stereocenters. The second-order valence-electron chi connectivity index (χ2n) is 12.2. The van der Waals surface area contributed by atoms with E-state index in [0.29, 0.717) is 28.2 Å². The number of hydrogen-bond donors (Lipinski definition) is 1. The number of fused-ring (bicyclic) bond motifs is 3. The molecule has 8 nitrogen and oxygen atoms in total. The van der Waals surface area contributed by atoms with Gasteiger partial charge in [-0.1, -0.05) is 23.8 Å². The van der Waals surface area contributed by atoms with Crippen LogP contribution in [0.5, 0.6) is 17.2 Å². The van der Waals surface area contributed by atoms with E-state index < -0.39 is 76.2 Å². The van der Waals surface area contributed by atoms with Crippen LogP contribution in [0.15, 0.2) is 70.9 Å². The number of carbonyl (C=O) groups excluding carboxylic acids is 4. The minimum atomic E-state index is -5.21. The van der Waals surface area contributed by atoms with Crippen LogP contribution < -0.4 is 14.4 Å². The molecule has 1 heterocycles. The van der Waals surface area contributed by atoms with E-state index in [1.165, 1.54) is 39.4 Å². The molecule has 2 aromatic rings. The summed E-state index contributed by atoms with van der Waals surface area (Å²) in [4.78, 5) is 54.9. The summed E-state index contributed by atoms with van der Waals surface area (Å²) in [6.07, 6.45) is -4.63. The molecule has 0 radical (unpaired) electrons. The van der Waals surface area contributed by atoms with Crippen LogP contribution in [0, 0.1) is 23.7 Å². The molecule has 4 atom stereocenters. The third-order valence-corrected chi connectivity index (χ3v) is 9.43. The van der Waals surface area contributed by atoms with Gasteiger partial charge in [-0.15, -0.1) is 0 Å². The monoisotopic (exact) mass is 687 g/mol. The van der Waals surface area contributed by atoms with E-state index in [1.807, 2.05) is 0 Å². The Morgan fingerprint density at radius 2 is 1.45 bits per heavy atom. The third-order valence-electron chi connectivity index (χ3n) is 9.43. The highest BCUT2D eigenvalue weighted by Gasteiger charge is 2.56. The number of halogens is 6. The number of benzene rings is 2. The van der Waals surface area contributed by atoms with Crippen LogP contribution in [0.1, 0.15) is 36.5 Å². The van der Waals surface area contributed by atoms with Gasteiger partial charge in [0, 0.05) is 22.6 Å². The van der Waals surface area contributed by atoms with Crippen molar-refractivity contribution in [3.63, 3.8) is 0 Å². The van der Waals surface area contributed by atoms with Crippen molar-refractivity contribution in [2.24, 2.45) is 23.7 Å². The summed E-state index contributed by atoms with van der Waals surface area (Å²) in [6, 6.07) is 3.57. The molecule has 0 saturated carbocycles. The summed E-state index contributed by atoms with van der Waals surface area (Å²) < 4.78 is 92.4. The number of phenolic OH excluding ortho intramolecular Hbond substituents is 1. The number of allylic oxidation sites excluding steroid dienone is 7. The fraction of sp³-hybridized carbons (Fsp3) is 0.314. The van der Waals surface area contributed by atoms with Gasteiger partial charge in [-0.25, -0.2) is 4.90 Å². The van der Waals surface area contributed by atoms with Gasteiger partial charge >= 0.3 is 12.4 Å². The van der Waals surface area contributed by atoms with E-state index in [4.69, 9.17) is 9.47 Å². The molecule has 1 fully saturated rings. The predicted octanol–water partition coefficient (Wildman–Crippen LogP) is 6.63. The average molecular weight is 688 g/mol. The van der Waals surface area contributed by atoms with Crippen molar-refractivity contribution in [1.82, 2.24) is 0 Å². The lowest BCUT2D eigenvalue weighted by Gasteiger charge is -2.41. The quantitative estimate of drug-likeness (QED) is 0.163. The summed E-state index contributed by atoms with van der Waals surface area (Å²) in [7, 11) is 2.67. The van der Waals surface area contributed by atoms with Crippen LogP contribution in [0.25, 0.3) is 6.08 Å². The molecular weight excluding hydrogens is 660 g/mol. The van der Waals surface area contributed by atoms with E-state index in [1.54, 1.807) is 18.2 Å². The lowest BCUT2D eigenvalue weighted by molar-refractivity contribution is -0.143. The maximum Gasteiger partial charge on any atom is 0.416 e. The van der Waals surface area contributed by atoms with Gasteiger partial charge in [-0.05, 0) is 67.7 Å². The average Bonchev–Trinajstić information content (AvgIpc) is 3.30. The van der Waals surface area contributed by atoms with E-state index in [-0.39, 0.29) is 52.9 Å². The summed E-state index contributed by atoms with van der Waals surface area (Å²) in [5, 5.41) is 10.3. The van der Waals surface area contributed by atoms with Crippen LogP contribution in [0.3, 0.4) is 0 Å². The molecule has 0 bridgehead atoms. The molecule has 256 valence electrons. The minimum Gasteiger partial charge on any atom is -0.502 e. The van der Waals surface area contributed by atoms with Gasteiger partial charge in [0.1, 0.15) is 0 Å². The molecule has 49 heavy (non-hydrogen) atoms. The fourth-order valence-electron chi connectivity index (χ4n) is 7.18. The number of hydrogen-bond acceptors (Lipinski definition) is 7. The lowest BCUT2D eigenvalue weighted by Crippen LogP contribution is -2.40. The van der Waals surface area contributed by atoms with E-state index >= 15 is 0 Å². The number of imide groups is 1. The molecule has 1 saturated heterocycles. The normalized spacial score (nSPS) is 24.1. The second-order valence-corrected chi connectivity index (χ2v) is 12.2. The van der Waals surface area contributed by atoms with Crippen molar-refractivity contribution in [2.75, 3.05) is 19.1 Å². The fourth-order valence-corrected chi connectivity index (χ4v) is 7.18. The van der Waals surface area contributed by atoms with Gasteiger partial charge in [0.05, 0.1) is 42.9 Å². The molecule has 0 spiro atoms. The molecule has 4 aliphatic rings. The lowest BCUT2D eigenvalue weighted by atomic mass is 9.60. The van der Waals surface area contributed by atoms with Gasteiger partial charge in [0.25, 0.3) is 0 Å². The van der Waals surface area contributed by atoms with Gasteiger partial charge in [-0.3, -0.25) is 19.2 Å². The molecule has 3 aliphatic carbocycles. The molecule has 6 rings (SSSR count). The van der Waals surface area contributed by atoms with Crippen molar-refractivity contribution in [3.05, 3.63) is 87.5 Å². The molecular formula is C35H27F6NO7. The Morgan fingerprint density at radius 1 is 0.857 bits per heavy atom. The first-order valence-electron chi connectivity index (χ1n) is 15.0. The van der Waals surface area contributed by atoms with Gasteiger partial charge in [0.2, 0.25) is 17.6 Å². The van der Waals surface area contributed by atoms with E-state index in [2.05, 4.69) is 0 Å². The zero-order valence-electron chi connectivity index (χ0n) is 26.0. The Balaban J connectivity index is 1.44. The van der Waals surface area contributed by atoms with Crippen LogP contribution in [0.4, 0.5) is 32.0 Å². The number of methoxy groups -OCH3 is 2. The van der Waals surface area contributed by atoms with Crippen LogP contribution in [-0.2, 0) is 31.5 Å². The van der Waals surface area contributed by atoms with Gasteiger partial charge < -0.3 is 14.6 Å². The SMILES string of the molecule is COc1cc(C=C[C@H]2C3=CC[C@@H]4C(=O)N(c5cc(C(F)(F)F)cc(C(F)(F)F)c5)C(=O)[C@@H]4[C@@H]3CC3=C2C(=O)C(C)=CC3=O)cc(OC)c1O. The number of Topliss-reactive ketones (excluding diaryl/α,β-unsaturated/α-hetero) is 1. The van der Waals surface area contributed by atoms with Crippen LogP contribution in [0.2, 0.25) is 0 Å². The molecule has 2 amide bonds. The topological polar surface area (TPSA) is 110 Å². The summed E-state index contributed by atoms with van der Waals surface area (Å²) in [5.74, 6) is -7.07. The molecule has 0 aromatic heterocycles. The Labute approximate surface area is 275 Å². The van der Waals surface area contributed by atoms with Crippen LogP contribution in [-0.4, -0.2) is 42.7 Å². The number of ether oxygens (including phenoxy) is 2. The Hall–Kier alpha value is -5.14. The number of nitrogens with zero attached hydrogens (tertiary/aromatic N) is 1. The van der Waals surface area contributed by atoms with E-state index in [9.17, 15) is 50.6 Å². The first-order chi connectivity index (χ1) is 23.0. The Morgan fingerprint density at radius 3 is 2.00 bits per heavy atom. The van der Waals surface area contributed by atoms with Crippen molar-refractivity contribution in [2.45, 2.75) is 32.1 Å². The third kappa shape index (κ3) is 5.62. The smallest absolute Gasteiger partial charge is 0.416 e. The zero-order chi connectivity index (χ0) is 35.7. The number of aromatic hydroxyl groups is 1. The molecule has 2 aromatic carbocycles. The summed E-state index contributed by atoms with van der Waals surface area (Å²) >= 11 is 0. The highest BCUT2D eigenvalue weighted by Crippen LogP contribution is 2.54. The number of carbonyl (C=O) groups is 4. The molecule has 1 N–H and O–H groups in total. The Kier molecular flexibility index (Phi) is 8.11. The van der Waals surface area contributed by atoms with Crippen molar-refractivity contribution < 1.29 is 60.1 Å². The largest absolute Gasteiger partial charge is 0.502 e. The molecule has 14 heteroatoms. The highest BCUT2D eigenvalue weighted by atomic mass is 19.4. The maximum absolute atomic E-state index is 14.0. The van der Waals surface area contributed by atoms with Crippen LogP contribution >= 0.6 is 0 Å². The van der Waals surface area contributed by atoms with Crippen molar-refractivity contribution in [1.29, 1.82) is 0 Å². The van der Waals surface area contributed by atoms with Gasteiger partial charge in [0.15, 0.2) is 23.1 Å². The number of rotatable bonds is 5. The first kappa shape index (κ1) is 33.7. The Bertz CT molecular complexity index is 1890. The summed E-state index contributed by atoms with van der Waals surface area (Å²) in [5.41, 5.74) is -2.79. The highest BCUT2D eigenvalue weighted by molar-refractivity contribution is 6.24. The maximum atomic E-state index is 14.0. The van der Waals surface area contributed by atoms with Crippen molar-refractivity contribution >= 4 is 35.1 Å². The molecule has 1 aliphatic heterocycles. The number of anilines is 1. The van der Waals surface area contributed by atoms with E-state index in [0.717, 1.165) is 0 Å². The first-order valence-corrected chi connectivity index (χ1v) is 15.0. The second kappa shape index (κ2) is 11.8. The number of phenols is 1. The minimum absolute atomic E-state index is 0.0845. The standard InChI is InChI=1S/C35H27F6NO7/c1-15-8-25(43)24-14-23-20(21(28(24)30(15)44)5-4-16-9-26(48-2)31(45)27(10-16)49-3)6-7-22-29(23)33(47)42(32(22)46)19-12-17(34(36,37)38)11-18(13-19)35(39,40)41/h4-6,8-13,21-23,29,45H,7,14H2,1-3H3/t21-,22-,23+,29-/m0/s1. The number of alkyl halides is 6. The zero-order valence-corrected chi connectivity index (χ0v) is 26.0. The summed E-state index contributed by atoms with van der Waals surface area (Å²) in [6.45, 7) is 1.49. The van der Waals surface area contributed by atoms with Gasteiger partial charge in [-0.2, -0.15) is 26.3 Å². The van der Waals surface area contributed by atoms with Crippen molar-refractivity contribution in [3.8, 4) is 17.2 Å². The predicted molar refractivity (Wildman–Crippen MR) is 161 cm³/mol. The number of amides is 2. The number of ketones is 2.